The van der Waals surface area contributed by atoms with E-state index in [0.717, 1.165) is 0 Å². The fraction of sp³-hybridized carbons (Fsp3) is 0.364. The highest BCUT2D eigenvalue weighted by molar-refractivity contribution is 6.32. The minimum atomic E-state index is -1.45. The van der Waals surface area contributed by atoms with E-state index >= 15 is 0 Å². The number of methoxy groups -OCH3 is 2. The van der Waals surface area contributed by atoms with Gasteiger partial charge in [-0.1, -0.05) is 23.2 Å². The Bertz CT molecular complexity index is 1020. The maximum Gasteiger partial charge on any atom is 0.258 e. The number of anilines is 1. The van der Waals surface area contributed by atoms with Crippen molar-refractivity contribution in [1.82, 2.24) is 0 Å². The maximum atomic E-state index is 13.0. The van der Waals surface area contributed by atoms with Gasteiger partial charge in [-0.3, -0.25) is 9.59 Å². The summed E-state index contributed by atoms with van der Waals surface area (Å²) in [5, 5.41) is 11.3. The lowest BCUT2D eigenvalue weighted by molar-refractivity contribution is -0.126. The van der Waals surface area contributed by atoms with Crippen LogP contribution in [0.25, 0.3) is 0 Å². The molecule has 0 aromatic heterocycles. The van der Waals surface area contributed by atoms with Gasteiger partial charge in [0, 0.05) is 29.3 Å². The van der Waals surface area contributed by atoms with Crippen molar-refractivity contribution in [1.29, 1.82) is 0 Å². The van der Waals surface area contributed by atoms with Gasteiger partial charge in [0.25, 0.3) is 5.91 Å². The molecule has 0 fully saturated rings. The summed E-state index contributed by atoms with van der Waals surface area (Å²) in [5.41, 5.74) is 0.460. The largest absolute Gasteiger partial charge is 0.494 e. The van der Waals surface area contributed by atoms with Crippen molar-refractivity contribution in [2.45, 2.75) is 26.8 Å². The molecule has 1 N–H and O–H groups in total. The van der Waals surface area contributed by atoms with Crippen LogP contribution < -0.4 is 24.3 Å². The van der Waals surface area contributed by atoms with Gasteiger partial charge >= 0.3 is 0 Å². The first kappa shape index (κ1) is 26.2. The number of ether oxygens (including phenoxy) is 4. The highest BCUT2D eigenvalue weighted by Gasteiger charge is 2.25. The van der Waals surface area contributed by atoms with Crippen LogP contribution in [0.1, 0.15) is 20.8 Å². The Morgan fingerprint density at radius 1 is 0.939 bits per heavy atom. The highest BCUT2D eigenvalue weighted by atomic mass is 35.5. The number of nitrogens with one attached hydrogen (secondary N) is 1. The van der Waals surface area contributed by atoms with Gasteiger partial charge in [-0.2, -0.15) is 5.11 Å². The summed E-state index contributed by atoms with van der Waals surface area (Å²) in [7, 11) is 2.84. The van der Waals surface area contributed by atoms with Crippen LogP contribution in [0.3, 0.4) is 0 Å². The van der Waals surface area contributed by atoms with E-state index in [1.807, 2.05) is 0 Å². The van der Waals surface area contributed by atoms with Crippen LogP contribution in [-0.4, -0.2) is 45.2 Å². The second-order valence-corrected chi connectivity index (χ2v) is 7.37. The van der Waals surface area contributed by atoms with Gasteiger partial charge < -0.3 is 24.3 Å². The first-order chi connectivity index (χ1) is 15.7. The van der Waals surface area contributed by atoms with Crippen molar-refractivity contribution in [3.8, 4) is 23.0 Å². The summed E-state index contributed by atoms with van der Waals surface area (Å²) in [4.78, 5) is 25.2. The molecule has 0 bridgehead atoms. The minimum Gasteiger partial charge on any atom is -0.494 e. The number of hydrogen-bond donors (Lipinski definition) is 1. The summed E-state index contributed by atoms with van der Waals surface area (Å²) >= 11 is 12.3. The summed E-state index contributed by atoms with van der Waals surface area (Å²) in [6, 6.07) is 4.63. The molecule has 2 aromatic carbocycles. The molecule has 33 heavy (non-hydrogen) atoms. The molecule has 0 heterocycles. The van der Waals surface area contributed by atoms with E-state index in [0.29, 0.717) is 34.8 Å². The second-order valence-electron chi connectivity index (χ2n) is 6.52. The molecular weight excluding hydrogens is 473 g/mol. The van der Waals surface area contributed by atoms with Crippen LogP contribution in [0.5, 0.6) is 23.0 Å². The first-order valence-electron chi connectivity index (χ1n) is 9.98. The van der Waals surface area contributed by atoms with E-state index in [2.05, 4.69) is 15.5 Å². The SMILES string of the molecule is CCOc1cc(NC(=O)C(N=Nc2c(OC)cc(Cl)cc2OC)C(C)=O)c(OCC)cc1Cl. The zero-order valence-corrected chi connectivity index (χ0v) is 20.4. The van der Waals surface area contributed by atoms with Crippen LogP contribution in [0.4, 0.5) is 11.4 Å². The van der Waals surface area contributed by atoms with Crippen LogP contribution in [0, 0.1) is 0 Å². The Balaban J connectivity index is 2.40. The second kappa shape index (κ2) is 12.3. The number of carbonyl (C=O) groups is 2. The van der Waals surface area contributed by atoms with E-state index in [4.69, 9.17) is 42.1 Å². The average molecular weight is 498 g/mol. The molecule has 11 heteroatoms. The number of halogens is 2. The Morgan fingerprint density at radius 3 is 2.03 bits per heavy atom. The fourth-order valence-electron chi connectivity index (χ4n) is 2.77. The van der Waals surface area contributed by atoms with Gasteiger partial charge in [0.15, 0.2) is 23.0 Å². The first-order valence-corrected chi connectivity index (χ1v) is 10.7. The number of rotatable bonds is 11. The van der Waals surface area contributed by atoms with E-state index in [1.165, 1.54) is 45.4 Å². The molecule has 0 saturated carbocycles. The quantitative estimate of drug-likeness (QED) is 0.324. The molecule has 0 aliphatic carbocycles. The smallest absolute Gasteiger partial charge is 0.258 e. The van der Waals surface area contributed by atoms with Crippen LogP contribution in [0.15, 0.2) is 34.5 Å². The fourth-order valence-corrected chi connectivity index (χ4v) is 3.18. The molecule has 1 unspecified atom stereocenters. The molecule has 9 nitrogen and oxygen atoms in total. The number of nitrogens with zero attached hydrogens (tertiary/aromatic N) is 2. The number of carbonyl (C=O) groups excluding carboxylic acids is 2. The van der Waals surface area contributed by atoms with Gasteiger partial charge in [-0.15, -0.1) is 5.11 Å². The molecule has 2 aromatic rings. The van der Waals surface area contributed by atoms with Gasteiger partial charge in [0.2, 0.25) is 6.04 Å². The standard InChI is InChI=1S/C22H25Cl2N3O6/c1-6-32-16-11-15(17(33-7-2)10-14(16)24)25-22(29)20(12(3)28)26-27-21-18(30-4)8-13(23)9-19(21)31-5/h8-11,20H,6-7H2,1-5H3,(H,25,29). The number of azo groups is 1. The number of ketones is 1. The summed E-state index contributed by atoms with van der Waals surface area (Å²) in [6.07, 6.45) is 0. The third kappa shape index (κ3) is 6.72. The normalized spacial score (nSPS) is 11.7. The van der Waals surface area contributed by atoms with Gasteiger partial charge in [0.1, 0.15) is 11.5 Å². The Labute approximate surface area is 202 Å². The monoisotopic (exact) mass is 497 g/mol. The van der Waals surface area contributed by atoms with E-state index < -0.39 is 17.7 Å². The lowest BCUT2D eigenvalue weighted by Crippen LogP contribution is -2.32. The van der Waals surface area contributed by atoms with Gasteiger partial charge in [0.05, 0.1) is 38.1 Å². The van der Waals surface area contributed by atoms with Crippen molar-refractivity contribution in [2.75, 3.05) is 32.8 Å². The third-order valence-electron chi connectivity index (χ3n) is 4.24. The third-order valence-corrected chi connectivity index (χ3v) is 4.76. The van der Waals surface area contributed by atoms with Crippen molar-refractivity contribution in [3.63, 3.8) is 0 Å². The molecule has 0 radical (unpaired) electrons. The van der Waals surface area contributed by atoms with Crippen molar-refractivity contribution >= 4 is 46.3 Å². The van der Waals surface area contributed by atoms with E-state index in [9.17, 15) is 9.59 Å². The number of amides is 1. The molecule has 2 rings (SSSR count). The molecule has 0 saturated heterocycles. The van der Waals surface area contributed by atoms with Crippen LogP contribution in [-0.2, 0) is 9.59 Å². The predicted molar refractivity (Wildman–Crippen MR) is 126 cm³/mol. The van der Waals surface area contributed by atoms with E-state index in [1.54, 1.807) is 13.8 Å². The summed E-state index contributed by atoms with van der Waals surface area (Å²) in [6.45, 7) is 5.53. The topological polar surface area (TPSA) is 108 Å². The lowest BCUT2D eigenvalue weighted by atomic mass is 10.2. The molecular formula is C22H25Cl2N3O6. The van der Waals surface area contributed by atoms with Crippen molar-refractivity contribution < 1.29 is 28.5 Å². The Morgan fingerprint density at radius 2 is 1.52 bits per heavy atom. The Kier molecular flexibility index (Phi) is 9.74. The molecule has 178 valence electrons. The number of benzene rings is 2. The molecule has 0 aliphatic heterocycles. The molecule has 1 atom stereocenters. The number of Topliss-reactive ketones (excluding diaryl/α,β-unsaturated/α-hetero) is 1. The zero-order valence-electron chi connectivity index (χ0n) is 18.9. The number of hydrogen-bond acceptors (Lipinski definition) is 8. The van der Waals surface area contributed by atoms with Gasteiger partial charge in [-0.25, -0.2) is 0 Å². The minimum absolute atomic E-state index is 0.184. The maximum absolute atomic E-state index is 13.0. The van der Waals surface area contributed by atoms with Crippen LogP contribution >= 0.6 is 23.2 Å². The molecule has 1 amide bonds. The zero-order chi connectivity index (χ0) is 24.5. The van der Waals surface area contributed by atoms with Crippen molar-refractivity contribution in [3.05, 3.63) is 34.3 Å². The lowest BCUT2D eigenvalue weighted by Gasteiger charge is -2.16. The van der Waals surface area contributed by atoms with Crippen molar-refractivity contribution in [2.24, 2.45) is 10.2 Å². The summed E-state index contributed by atoms with van der Waals surface area (Å²) in [5.74, 6) is -0.0369. The highest BCUT2D eigenvalue weighted by Crippen LogP contribution is 2.40. The summed E-state index contributed by atoms with van der Waals surface area (Å²) < 4.78 is 21.6. The predicted octanol–water partition coefficient (Wildman–Crippen LogP) is 5.49. The van der Waals surface area contributed by atoms with Crippen LogP contribution in [0.2, 0.25) is 10.0 Å². The van der Waals surface area contributed by atoms with Gasteiger partial charge in [-0.05, 0) is 20.8 Å². The average Bonchev–Trinajstić information content (AvgIpc) is 2.77. The molecule has 0 aliphatic rings. The molecule has 0 spiro atoms. The van der Waals surface area contributed by atoms with E-state index in [-0.39, 0.29) is 22.9 Å². The Hall–Kier alpha value is -3.04.